The molecule has 0 radical (unpaired) electrons. The number of anilines is 1. The highest BCUT2D eigenvalue weighted by Gasteiger charge is 2.41. The molecule has 1 saturated carbocycles. The van der Waals surface area contributed by atoms with Crippen LogP contribution in [-0.4, -0.2) is 30.9 Å². The van der Waals surface area contributed by atoms with Gasteiger partial charge in [0.1, 0.15) is 0 Å². The monoisotopic (exact) mass is 393 g/mol. The van der Waals surface area contributed by atoms with Gasteiger partial charge in [-0.25, -0.2) is 0 Å². The second-order valence-corrected chi connectivity index (χ2v) is 7.97. The maximum Gasteiger partial charge on any atom is 0.231 e. The first-order valence-corrected chi connectivity index (χ1v) is 9.91. The van der Waals surface area contributed by atoms with Gasteiger partial charge >= 0.3 is 0 Å². The molecule has 4 unspecified atom stereocenters. The van der Waals surface area contributed by atoms with Crippen molar-refractivity contribution in [1.29, 1.82) is 0 Å². The normalized spacial score (nSPS) is 25.3. The zero-order chi connectivity index (χ0) is 18.7. The number of nitrogens with two attached hydrogens (primary N) is 1. The quantitative estimate of drug-likeness (QED) is 0.807. The van der Waals surface area contributed by atoms with E-state index < -0.39 is 0 Å². The van der Waals surface area contributed by atoms with Crippen LogP contribution in [0.1, 0.15) is 45.1 Å². The molecule has 0 spiro atoms. The number of rotatable bonds is 5. The molecule has 1 heterocycles. The van der Waals surface area contributed by atoms with Crippen LogP contribution in [0.5, 0.6) is 0 Å². The highest BCUT2D eigenvalue weighted by atomic mass is 35.5. The number of benzene rings is 1. The van der Waals surface area contributed by atoms with Crippen LogP contribution in [0.3, 0.4) is 0 Å². The summed E-state index contributed by atoms with van der Waals surface area (Å²) in [6, 6.07) is 8.28. The maximum absolute atomic E-state index is 13.4. The molecule has 0 bridgehead atoms. The van der Waals surface area contributed by atoms with Crippen LogP contribution in [0, 0.1) is 17.8 Å². The Balaban J connectivity index is 0.00000261. The fraction of sp³-hybridized carbons (Fsp3) is 0.619. The molecular formula is C21H32ClN3O2. The van der Waals surface area contributed by atoms with E-state index in [2.05, 4.69) is 18.3 Å². The molecule has 2 amide bonds. The van der Waals surface area contributed by atoms with Gasteiger partial charge in [-0.1, -0.05) is 38.0 Å². The molecule has 150 valence electrons. The first-order valence-electron chi connectivity index (χ1n) is 9.91. The number of nitrogens with zero attached hydrogens (tertiary/aromatic N) is 1. The number of amides is 2. The van der Waals surface area contributed by atoms with Crippen LogP contribution in [0.15, 0.2) is 24.3 Å². The van der Waals surface area contributed by atoms with E-state index in [0.29, 0.717) is 13.1 Å². The number of hydrogen-bond donors (Lipinski definition) is 2. The smallest absolute Gasteiger partial charge is 0.231 e. The molecule has 5 nitrogen and oxygen atoms in total. The van der Waals surface area contributed by atoms with Gasteiger partial charge in [0.05, 0.1) is 5.92 Å². The van der Waals surface area contributed by atoms with Crippen LogP contribution in [0.4, 0.5) is 5.69 Å². The summed E-state index contributed by atoms with van der Waals surface area (Å²) in [7, 11) is 0. The lowest BCUT2D eigenvalue weighted by Crippen LogP contribution is -2.47. The Bertz CT molecular complexity index is 667. The van der Waals surface area contributed by atoms with Crippen molar-refractivity contribution in [2.75, 3.05) is 18.0 Å². The fourth-order valence-corrected chi connectivity index (χ4v) is 4.31. The molecule has 1 aromatic carbocycles. The van der Waals surface area contributed by atoms with Gasteiger partial charge in [-0.05, 0) is 50.3 Å². The van der Waals surface area contributed by atoms with Crippen molar-refractivity contribution in [2.45, 2.75) is 52.0 Å². The Morgan fingerprint density at radius 1 is 1.22 bits per heavy atom. The van der Waals surface area contributed by atoms with Crippen LogP contribution in [-0.2, 0) is 16.0 Å². The minimum absolute atomic E-state index is 0. The standard InChI is InChI=1S/C21H31N3O2.ClH/c1-14(12-22)13-23-20(25)17-8-4-5-9-18(17)21(26)24-15(2)11-16-7-3-6-10-19(16)24;/h3,6-7,10,14-15,17-18H,4-5,8-9,11-13,22H2,1-2H3,(H,23,25);1H. The second kappa shape index (κ2) is 9.56. The number of carbonyl (C=O) groups is 2. The highest BCUT2D eigenvalue weighted by molar-refractivity contribution is 6.00. The third kappa shape index (κ3) is 4.64. The Morgan fingerprint density at radius 3 is 2.59 bits per heavy atom. The second-order valence-electron chi connectivity index (χ2n) is 7.97. The van der Waals surface area contributed by atoms with Gasteiger partial charge in [0.15, 0.2) is 0 Å². The average molecular weight is 394 g/mol. The topological polar surface area (TPSA) is 75.4 Å². The van der Waals surface area contributed by atoms with Crippen LogP contribution < -0.4 is 16.0 Å². The summed E-state index contributed by atoms with van der Waals surface area (Å²) >= 11 is 0. The maximum atomic E-state index is 13.4. The van der Waals surface area contributed by atoms with Crippen molar-refractivity contribution >= 4 is 29.9 Å². The molecule has 6 heteroatoms. The lowest BCUT2D eigenvalue weighted by Gasteiger charge is -2.34. The Hall–Kier alpha value is -1.59. The van der Waals surface area contributed by atoms with Crippen LogP contribution in [0.25, 0.3) is 0 Å². The summed E-state index contributed by atoms with van der Waals surface area (Å²) in [5.74, 6) is -0.0495. The predicted molar refractivity (Wildman–Crippen MR) is 111 cm³/mol. The summed E-state index contributed by atoms with van der Waals surface area (Å²) in [4.78, 5) is 28.1. The van der Waals surface area contributed by atoms with E-state index in [0.717, 1.165) is 37.8 Å². The minimum Gasteiger partial charge on any atom is -0.356 e. The van der Waals surface area contributed by atoms with Gasteiger partial charge in [-0.3, -0.25) is 9.59 Å². The number of fused-ring (bicyclic) bond motifs is 1. The molecule has 1 aliphatic carbocycles. The van der Waals surface area contributed by atoms with E-state index in [1.807, 2.05) is 30.0 Å². The van der Waals surface area contributed by atoms with Crippen molar-refractivity contribution in [2.24, 2.45) is 23.5 Å². The van der Waals surface area contributed by atoms with Gasteiger partial charge in [0.2, 0.25) is 11.8 Å². The Kier molecular flexibility index (Phi) is 7.68. The molecule has 2 aliphatic rings. The highest BCUT2D eigenvalue weighted by Crippen LogP contribution is 2.38. The Morgan fingerprint density at radius 2 is 1.89 bits per heavy atom. The number of para-hydroxylation sites is 1. The van der Waals surface area contributed by atoms with E-state index in [9.17, 15) is 9.59 Å². The first kappa shape index (κ1) is 21.7. The third-order valence-electron chi connectivity index (χ3n) is 5.89. The minimum atomic E-state index is -0.221. The molecule has 1 fully saturated rings. The fourth-order valence-electron chi connectivity index (χ4n) is 4.31. The summed E-state index contributed by atoms with van der Waals surface area (Å²) < 4.78 is 0. The van der Waals surface area contributed by atoms with E-state index >= 15 is 0 Å². The largest absolute Gasteiger partial charge is 0.356 e. The summed E-state index contributed by atoms with van der Waals surface area (Å²) in [5.41, 5.74) is 7.89. The van der Waals surface area contributed by atoms with E-state index in [4.69, 9.17) is 5.73 Å². The van der Waals surface area contributed by atoms with Crippen LogP contribution >= 0.6 is 12.4 Å². The molecule has 3 rings (SSSR count). The lowest BCUT2D eigenvalue weighted by atomic mass is 9.77. The van der Waals surface area contributed by atoms with Gasteiger partial charge in [-0.15, -0.1) is 12.4 Å². The third-order valence-corrected chi connectivity index (χ3v) is 5.89. The first-order chi connectivity index (χ1) is 12.5. The summed E-state index contributed by atoms with van der Waals surface area (Å²) in [6.07, 6.45) is 4.51. The van der Waals surface area contributed by atoms with Crippen molar-refractivity contribution in [3.8, 4) is 0 Å². The summed E-state index contributed by atoms with van der Waals surface area (Å²) in [6.45, 7) is 5.25. The average Bonchev–Trinajstić information content (AvgIpc) is 3.00. The zero-order valence-electron chi connectivity index (χ0n) is 16.3. The summed E-state index contributed by atoms with van der Waals surface area (Å²) in [5, 5.41) is 3.02. The van der Waals surface area contributed by atoms with Crippen LogP contribution in [0.2, 0.25) is 0 Å². The molecule has 1 aliphatic heterocycles. The molecule has 1 aromatic rings. The van der Waals surface area contributed by atoms with Crippen molar-refractivity contribution in [3.63, 3.8) is 0 Å². The molecule has 0 aromatic heterocycles. The van der Waals surface area contributed by atoms with E-state index in [1.165, 1.54) is 5.56 Å². The van der Waals surface area contributed by atoms with Gasteiger partial charge in [0, 0.05) is 24.2 Å². The molecular weight excluding hydrogens is 362 g/mol. The zero-order valence-corrected chi connectivity index (χ0v) is 17.1. The van der Waals surface area contributed by atoms with Crippen molar-refractivity contribution in [3.05, 3.63) is 29.8 Å². The van der Waals surface area contributed by atoms with Gasteiger partial charge in [0.25, 0.3) is 0 Å². The lowest BCUT2D eigenvalue weighted by molar-refractivity contribution is -0.135. The van der Waals surface area contributed by atoms with Gasteiger partial charge in [-0.2, -0.15) is 0 Å². The van der Waals surface area contributed by atoms with E-state index in [-0.39, 0.29) is 48.0 Å². The molecule has 0 saturated heterocycles. The van der Waals surface area contributed by atoms with Crippen molar-refractivity contribution < 1.29 is 9.59 Å². The molecule has 4 atom stereocenters. The Labute approximate surface area is 168 Å². The van der Waals surface area contributed by atoms with Crippen molar-refractivity contribution in [1.82, 2.24) is 5.32 Å². The molecule has 27 heavy (non-hydrogen) atoms. The molecule has 3 N–H and O–H groups in total. The predicted octanol–water partition coefficient (Wildman–Crippen LogP) is 2.90. The number of hydrogen-bond acceptors (Lipinski definition) is 3. The number of halogens is 1. The number of nitrogens with one attached hydrogen (secondary N) is 1. The van der Waals surface area contributed by atoms with E-state index in [1.54, 1.807) is 0 Å². The number of carbonyl (C=O) groups excluding carboxylic acids is 2. The SMILES string of the molecule is CC(CN)CNC(=O)C1CCCCC1C(=O)N1c2ccccc2CC1C.Cl. The van der Waals surface area contributed by atoms with Gasteiger partial charge < -0.3 is 16.0 Å².